The number of nitrogens with zero attached hydrogens (tertiary/aromatic N) is 1. The first-order valence-electron chi connectivity index (χ1n) is 14.0. The highest BCUT2D eigenvalue weighted by Gasteiger charge is 2.41. The molecule has 0 spiro atoms. The van der Waals surface area contributed by atoms with Crippen LogP contribution in [0.4, 0.5) is 0 Å². The molecule has 2 unspecified atom stereocenters. The molecule has 1 heterocycles. The number of aliphatic hydroxyl groups is 2. The summed E-state index contributed by atoms with van der Waals surface area (Å²) in [4.78, 5) is 88.7. The summed E-state index contributed by atoms with van der Waals surface area (Å²) in [5.41, 5.74) is 10.8. The van der Waals surface area contributed by atoms with Crippen LogP contribution in [0.1, 0.15) is 74.1 Å². The molecule has 14 heteroatoms. The second-order valence-electron chi connectivity index (χ2n) is 10.7. The van der Waals surface area contributed by atoms with E-state index in [1.165, 1.54) is 25.7 Å². The van der Waals surface area contributed by atoms with Crippen molar-refractivity contribution in [2.75, 3.05) is 13.1 Å². The van der Waals surface area contributed by atoms with Crippen LogP contribution in [0.3, 0.4) is 0 Å². The van der Waals surface area contributed by atoms with Gasteiger partial charge in [0, 0.05) is 32.2 Å². The highest BCUT2D eigenvalue weighted by molar-refractivity contribution is 5.97. The molecular formula is C27H46N5O9+. The topological polar surface area (TPSA) is 239 Å². The number of likely N-dealkylation sites (tertiary alicyclic amines) is 1. The van der Waals surface area contributed by atoms with Gasteiger partial charge in [-0.2, -0.15) is 0 Å². The third kappa shape index (κ3) is 11.3. The zero-order valence-electron chi connectivity index (χ0n) is 25.3. The van der Waals surface area contributed by atoms with Gasteiger partial charge >= 0.3 is 1.43 Å². The molecule has 7 atom stereocenters. The molecule has 1 rings (SSSR count). The van der Waals surface area contributed by atoms with E-state index in [-0.39, 0.29) is 46.0 Å². The van der Waals surface area contributed by atoms with E-state index in [4.69, 9.17) is 11.5 Å². The number of amides is 4. The van der Waals surface area contributed by atoms with Crippen molar-refractivity contribution in [3.8, 4) is 0 Å². The van der Waals surface area contributed by atoms with Gasteiger partial charge in [0.1, 0.15) is 0 Å². The van der Waals surface area contributed by atoms with Gasteiger partial charge in [0.15, 0.2) is 17.3 Å². The van der Waals surface area contributed by atoms with Crippen molar-refractivity contribution in [3.63, 3.8) is 0 Å². The van der Waals surface area contributed by atoms with Gasteiger partial charge in [0.25, 0.3) is 0 Å². The van der Waals surface area contributed by atoms with E-state index in [1.54, 1.807) is 6.92 Å². The third-order valence-electron chi connectivity index (χ3n) is 7.22. The molecule has 1 aliphatic heterocycles. The zero-order valence-corrected chi connectivity index (χ0v) is 24.3. The SMILES string of the molecule is CCC(=O)CNC(=O)[C@@H](CC(=O)[C@@H]1CCCN1C(=O)[C@@H](CC(=O)[C@H](CCC(N)=O)NC(=O)[C@H](C)N)C(C)O)C(C)O.[H+]. The molecule has 1 aliphatic rings. The Labute approximate surface area is 241 Å². The summed E-state index contributed by atoms with van der Waals surface area (Å²) in [5, 5.41) is 25.4. The number of primary amides is 1. The highest BCUT2D eigenvalue weighted by atomic mass is 16.3. The Morgan fingerprint density at radius 2 is 1.59 bits per heavy atom. The van der Waals surface area contributed by atoms with Crippen LogP contribution in [0.25, 0.3) is 0 Å². The van der Waals surface area contributed by atoms with Crippen molar-refractivity contribution in [3.05, 3.63) is 0 Å². The Morgan fingerprint density at radius 3 is 2.10 bits per heavy atom. The molecule has 0 bridgehead atoms. The zero-order chi connectivity index (χ0) is 31.4. The Balaban J connectivity index is 0.0000168. The molecule has 0 aromatic heterocycles. The maximum Gasteiger partial charge on any atom is 1.00 e. The lowest BCUT2D eigenvalue weighted by Gasteiger charge is -2.31. The predicted octanol–water partition coefficient (Wildman–Crippen LogP) is -1.80. The van der Waals surface area contributed by atoms with Gasteiger partial charge in [-0.25, -0.2) is 0 Å². The first-order chi connectivity index (χ1) is 19.1. The number of ketones is 3. The first kappa shape index (κ1) is 35.8. The van der Waals surface area contributed by atoms with Crippen LogP contribution in [0.5, 0.6) is 0 Å². The Morgan fingerprint density at radius 1 is 0.976 bits per heavy atom. The first-order valence-corrected chi connectivity index (χ1v) is 14.0. The van der Waals surface area contributed by atoms with Crippen LogP contribution < -0.4 is 22.1 Å². The van der Waals surface area contributed by atoms with Crippen LogP contribution in [0.2, 0.25) is 0 Å². The second kappa shape index (κ2) is 16.9. The number of aliphatic hydroxyl groups excluding tert-OH is 2. The minimum absolute atomic E-state index is 0. The van der Waals surface area contributed by atoms with E-state index >= 15 is 0 Å². The summed E-state index contributed by atoms with van der Waals surface area (Å²) >= 11 is 0. The van der Waals surface area contributed by atoms with E-state index in [9.17, 15) is 43.8 Å². The van der Waals surface area contributed by atoms with E-state index in [0.29, 0.717) is 12.8 Å². The third-order valence-corrected chi connectivity index (χ3v) is 7.22. The number of hydrogen-bond donors (Lipinski definition) is 6. The molecule has 0 radical (unpaired) electrons. The fourth-order valence-corrected chi connectivity index (χ4v) is 4.58. The van der Waals surface area contributed by atoms with Crippen molar-refractivity contribution in [1.29, 1.82) is 0 Å². The summed E-state index contributed by atoms with van der Waals surface area (Å²) in [6, 6.07) is -3.05. The van der Waals surface area contributed by atoms with E-state index in [0.717, 1.165) is 0 Å². The summed E-state index contributed by atoms with van der Waals surface area (Å²) in [5.74, 6) is -6.35. The lowest BCUT2D eigenvalue weighted by Crippen LogP contribution is -2.50. The van der Waals surface area contributed by atoms with E-state index in [2.05, 4.69) is 10.6 Å². The van der Waals surface area contributed by atoms with Crippen molar-refractivity contribution in [2.24, 2.45) is 23.3 Å². The lowest BCUT2D eigenvalue weighted by atomic mass is 9.89. The van der Waals surface area contributed by atoms with Crippen LogP contribution in [0.15, 0.2) is 0 Å². The lowest BCUT2D eigenvalue weighted by molar-refractivity contribution is -0.146. The van der Waals surface area contributed by atoms with Crippen LogP contribution in [0, 0.1) is 11.8 Å². The number of carbonyl (C=O) groups is 7. The number of nitrogens with two attached hydrogens (primary N) is 2. The number of nitrogens with one attached hydrogen (secondary N) is 2. The van der Waals surface area contributed by atoms with E-state index in [1.807, 2.05) is 0 Å². The Hall–Kier alpha value is -3.23. The van der Waals surface area contributed by atoms with Gasteiger partial charge in [-0.3, -0.25) is 33.6 Å². The van der Waals surface area contributed by atoms with Crippen molar-refractivity contribution >= 4 is 41.0 Å². The number of Topliss-reactive ketones (excluding diaryl/α,β-unsaturated/α-hetero) is 3. The standard InChI is InChI=1S/C27H45N5O9/c1-5-17(35)13-30-26(40)18(15(3)33)11-23(37)21-7-6-10-32(21)27(41)19(16(4)34)12-22(36)20(8-9-24(29)38)31-25(39)14(2)28/h14-16,18-21,33-34H,5-13,28H2,1-4H3,(H2,29,38)(H,30,40)(H,31,39)/p+1/t14-,15?,16?,18-,19-,20-,21-/m0/s1. The quantitative estimate of drug-likeness (QED) is 0.106. The van der Waals surface area contributed by atoms with Crippen LogP contribution in [-0.4, -0.2) is 99.5 Å². The summed E-state index contributed by atoms with van der Waals surface area (Å²) in [6.45, 7) is 5.68. The summed E-state index contributed by atoms with van der Waals surface area (Å²) in [7, 11) is 0. The second-order valence-corrected chi connectivity index (χ2v) is 10.7. The molecule has 0 saturated carbocycles. The van der Waals surface area contributed by atoms with Gasteiger partial charge < -0.3 is 37.2 Å². The van der Waals surface area contributed by atoms with Gasteiger partial charge in [-0.1, -0.05) is 6.92 Å². The molecule has 41 heavy (non-hydrogen) atoms. The van der Waals surface area contributed by atoms with Crippen LogP contribution >= 0.6 is 0 Å². The molecule has 0 aromatic rings. The van der Waals surface area contributed by atoms with Gasteiger partial charge in [0.05, 0.1) is 48.7 Å². The fraction of sp³-hybridized carbons (Fsp3) is 0.741. The molecule has 1 fully saturated rings. The van der Waals surface area contributed by atoms with Crippen molar-refractivity contribution in [2.45, 2.75) is 103 Å². The summed E-state index contributed by atoms with van der Waals surface area (Å²) in [6.07, 6.45) is -2.72. The molecule has 14 nitrogen and oxygen atoms in total. The normalized spacial score (nSPS) is 19.3. The minimum Gasteiger partial charge on any atom is -0.393 e. The molecule has 1 saturated heterocycles. The Bertz CT molecular complexity index is 989. The largest absolute Gasteiger partial charge is 1.00 e. The van der Waals surface area contributed by atoms with E-state index < -0.39 is 83.8 Å². The number of hydrogen-bond acceptors (Lipinski definition) is 10. The molecule has 4 amide bonds. The maximum absolute atomic E-state index is 13.5. The fourth-order valence-electron chi connectivity index (χ4n) is 4.58. The van der Waals surface area contributed by atoms with Crippen LogP contribution in [-0.2, 0) is 33.6 Å². The average Bonchev–Trinajstić information content (AvgIpc) is 3.39. The van der Waals surface area contributed by atoms with Gasteiger partial charge in [-0.05, 0) is 40.0 Å². The molecule has 0 aliphatic carbocycles. The van der Waals surface area contributed by atoms with Crippen molar-refractivity contribution in [1.82, 2.24) is 15.5 Å². The maximum atomic E-state index is 13.5. The molecule has 232 valence electrons. The average molecular weight is 585 g/mol. The predicted molar refractivity (Wildman–Crippen MR) is 148 cm³/mol. The molecular weight excluding hydrogens is 538 g/mol. The number of carbonyl (C=O) groups excluding carboxylic acids is 7. The van der Waals surface area contributed by atoms with Gasteiger partial charge in [-0.15, -0.1) is 0 Å². The highest BCUT2D eigenvalue weighted by Crippen LogP contribution is 2.26. The van der Waals surface area contributed by atoms with Gasteiger partial charge in [0.2, 0.25) is 23.6 Å². The smallest absolute Gasteiger partial charge is 0.393 e. The molecule has 0 aromatic carbocycles. The summed E-state index contributed by atoms with van der Waals surface area (Å²) < 4.78 is 0. The monoisotopic (exact) mass is 584 g/mol. The number of rotatable bonds is 18. The Kier molecular flexibility index (Phi) is 14.8. The minimum atomic E-state index is -1.30. The molecule has 8 N–H and O–H groups in total. The van der Waals surface area contributed by atoms with Crippen molar-refractivity contribution < 1.29 is 45.2 Å².